The van der Waals surface area contributed by atoms with Gasteiger partial charge in [-0.2, -0.15) is 13.2 Å². The zero-order valence-corrected chi connectivity index (χ0v) is 15.8. The number of hydrogen-bond donors (Lipinski definition) is 2. The van der Waals surface area contributed by atoms with Crippen molar-refractivity contribution in [2.45, 2.75) is 31.5 Å². The Morgan fingerprint density at radius 3 is 2.30 bits per heavy atom. The van der Waals surface area contributed by atoms with Gasteiger partial charge in [-0.3, -0.25) is 14.4 Å². The average molecular weight is 420 g/mol. The molecule has 30 heavy (non-hydrogen) atoms. The van der Waals surface area contributed by atoms with Gasteiger partial charge in [-0.25, -0.2) is 0 Å². The summed E-state index contributed by atoms with van der Waals surface area (Å²) in [5, 5.41) is 5.35. The molecule has 3 rings (SSSR count). The van der Waals surface area contributed by atoms with Crippen molar-refractivity contribution in [1.82, 2.24) is 5.32 Å². The van der Waals surface area contributed by atoms with Gasteiger partial charge in [0.25, 0.3) is 11.8 Å². The summed E-state index contributed by atoms with van der Waals surface area (Å²) in [6.07, 6.45) is -2.88. The minimum absolute atomic E-state index is 0.160. The van der Waals surface area contributed by atoms with E-state index in [0.29, 0.717) is 16.8 Å². The zero-order valence-electron chi connectivity index (χ0n) is 15.8. The number of alkyl halides is 3. The van der Waals surface area contributed by atoms with Crippen LogP contribution in [0.1, 0.15) is 34.3 Å². The van der Waals surface area contributed by atoms with Gasteiger partial charge in [-0.1, -0.05) is 24.3 Å². The lowest BCUT2D eigenvalue weighted by molar-refractivity contribution is -0.146. The minimum atomic E-state index is -4.46. The van der Waals surface area contributed by atoms with E-state index >= 15 is 0 Å². The van der Waals surface area contributed by atoms with Crippen LogP contribution in [0.2, 0.25) is 0 Å². The Morgan fingerprint density at radius 1 is 1.00 bits per heavy atom. The third-order valence-corrected chi connectivity index (χ3v) is 4.35. The normalized spacial score (nSPS) is 13.4. The highest BCUT2D eigenvalue weighted by Crippen LogP contribution is 2.29. The summed E-state index contributed by atoms with van der Waals surface area (Å²) < 4.78 is 42.5. The maximum absolute atomic E-state index is 12.6. The van der Waals surface area contributed by atoms with Crippen molar-refractivity contribution in [2.75, 3.05) is 11.9 Å². The summed E-state index contributed by atoms with van der Waals surface area (Å²) in [4.78, 5) is 36.2. The van der Waals surface area contributed by atoms with Crippen molar-refractivity contribution in [2.24, 2.45) is 0 Å². The molecule has 0 radical (unpaired) electrons. The Labute approximate surface area is 170 Å². The standard InChI is InChI=1S/C21H19F3N2O4/c22-21(23,24)14-7-5-13(6-8-14)11-19(28)30-12-18(27)26-17-4-2-1-3-16(17)20(29)25-15-9-10-15/h1-8,15H,9-12H2,(H,25,29)(H,26,27). The molecule has 2 aromatic rings. The molecule has 1 aliphatic carbocycles. The van der Waals surface area contributed by atoms with Crippen LogP contribution in [0.15, 0.2) is 48.5 Å². The van der Waals surface area contributed by atoms with Crippen LogP contribution in [0, 0.1) is 0 Å². The first kappa shape index (κ1) is 21.4. The fourth-order valence-electron chi connectivity index (χ4n) is 2.64. The second kappa shape index (κ2) is 8.98. The zero-order chi connectivity index (χ0) is 21.7. The SMILES string of the molecule is O=C(COC(=O)Cc1ccc(C(F)(F)F)cc1)Nc1ccccc1C(=O)NC1CC1. The highest BCUT2D eigenvalue weighted by Gasteiger charge is 2.30. The summed E-state index contributed by atoms with van der Waals surface area (Å²) in [5.41, 5.74) is 0.104. The van der Waals surface area contributed by atoms with Crippen LogP contribution in [-0.2, 0) is 26.9 Å². The maximum atomic E-state index is 12.6. The Bertz CT molecular complexity index is 938. The predicted octanol–water partition coefficient (Wildman–Crippen LogP) is 3.32. The summed E-state index contributed by atoms with van der Waals surface area (Å²) in [7, 11) is 0. The van der Waals surface area contributed by atoms with Gasteiger partial charge >= 0.3 is 12.1 Å². The Morgan fingerprint density at radius 2 is 1.67 bits per heavy atom. The molecule has 0 spiro atoms. The van der Waals surface area contributed by atoms with Gasteiger partial charge in [0.1, 0.15) is 0 Å². The van der Waals surface area contributed by atoms with Crippen LogP contribution < -0.4 is 10.6 Å². The number of carbonyl (C=O) groups excluding carboxylic acids is 3. The molecule has 0 saturated heterocycles. The number of para-hydroxylation sites is 1. The van der Waals surface area contributed by atoms with Gasteiger partial charge in [0.15, 0.2) is 6.61 Å². The fourth-order valence-corrected chi connectivity index (χ4v) is 2.64. The molecule has 6 nitrogen and oxygen atoms in total. The second-order valence-electron chi connectivity index (χ2n) is 6.87. The lowest BCUT2D eigenvalue weighted by atomic mass is 10.1. The summed E-state index contributed by atoms with van der Waals surface area (Å²) in [5.74, 6) is -1.69. The van der Waals surface area contributed by atoms with E-state index in [1.807, 2.05) is 0 Å². The number of benzene rings is 2. The number of esters is 1. The predicted molar refractivity (Wildman–Crippen MR) is 102 cm³/mol. The van der Waals surface area contributed by atoms with Gasteiger partial charge in [-0.05, 0) is 42.7 Å². The molecule has 1 saturated carbocycles. The fraction of sp³-hybridized carbons (Fsp3) is 0.286. The minimum Gasteiger partial charge on any atom is -0.455 e. The van der Waals surface area contributed by atoms with Gasteiger partial charge in [0.05, 0.1) is 23.2 Å². The molecule has 0 bridgehead atoms. The lowest BCUT2D eigenvalue weighted by Crippen LogP contribution is -2.28. The number of amides is 2. The summed E-state index contributed by atoms with van der Waals surface area (Å²) in [6.45, 7) is -0.585. The smallest absolute Gasteiger partial charge is 0.416 e. The lowest BCUT2D eigenvalue weighted by Gasteiger charge is -2.11. The number of hydrogen-bond acceptors (Lipinski definition) is 4. The third kappa shape index (κ3) is 6.07. The van der Waals surface area contributed by atoms with E-state index in [2.05, 4.69) is 10.6 Å². The molecule has 0 atom stereocenters. The van der Waals surface area contributed by atoms with Crippen LogP contribution in [0.3, 0.4) is 0 Å². The van der Waals surface area contributed by atoms with Crippen LogP contribution in [-0.4, -0.2) is 30.4 Å². The maximum Gasteiger partial charge on any atom is 0.416 e. The van der Waals surface area contributed by atoms with Gasteiger partial charge in [0.2, 0.25) is 0 Å². The van der Waals surface area contributed by atoms with Crippen LogP contribution >= 0.6 is 0 Å². The number of rotatable bonds is 7. The Balaban J connectivity index is 1.50. The molecule has 0 aromatic heterocycles. The van der Waals surface area contributed by atoms with Crippen LogP contribution in [0.4, 0.5) is 18.9 Å². The topological polar surface area (TPSA) is 84.5 Å². The highest BCUT2D eigenvalue weighted by molar-refractivity contribution is 6.04. The largest absolute Gasteiger partial charge is 0.455 e. The first-order chi connectivity index (χ1) is 14.2. The second-order valence-corrected chi connectivity index (χ2v) is 6.87. The van der Waals surface area contributed by atoms with Gasteiger partial charge in [0, 0.05) is 6.04 Å². The summed E-state index contributed by atoms with van der Waals surface area (Å²) in [6, 6.07) is 10.7. The number of anilines is 1. The number of ether oxygens (including phenoxy) is 1. The van der Waals surface area contributed by atoms with Crippen molar-refractivity contribution in [3.8, 4) is 0 Å². The molecule has 2 amide bonds. The number of halogens is 3. The van der Waals surface area contributed by atoms with E-state index in [1.54, 1.807) is 24.3 Å². The molecule has 2 aromatic carbocycles. The molecule has 158 valence electrons. The van der Waals surface area contributed by atoms with Crippen molar-refractivity contribution >= 4 is 23.5 Å². The van der Waals surface area contributed by atoms with Crippen molar-refractivity contribution < 1.29 is 32.3 Å². The van der Waals surface area contributed by atoms with Crippen molar-refractivity contribution in [3.63, 3.8) is 0 Å². The Hall–Kier alpha value is -3.36. The molecular formula is C21H19F3N2O4. The van der Waals surface area contributed by atoms with Crippen molar-refractivity contribution in [3.05, 3.63) is 65.2 Å². The van der Waals surface area contributed by atoms with E-state index in [9.17, 15) is 27.6 Å². The number of carbonyl (C=O) groups is 3. The monoisotopic (exact) mass is 420 g/mol. The summed E-state index contributed by atoms with van der Waals surface area (Å²) >= 11 is 0. The van der Waals surface area contributed by atoms with E-state index in [1.165, 1.54) is 12.1 Å². The first-order valence-electron chi connectivity index (χ1n) is 9.24. The molecule has 1 fully saturated rings. The van der Waals surface area contributed by atoms with E-state index in [4.69, 9.17) is 4.74 Å². The molecule has 1 aliphatic rings. The van der Waals surface area contributed by atoms with Crippen LogP contribution in [0.25, 0.3) is 0 Å². The third-order valence-electron chi connectivity index (χ3n) is 4.35. The molecule has 0 aliphatic heterocycles. The first-order valence-corrected chi connectivity index (χ1v) is 9.24. The average Bonchev–Trinajstić information content (AvgIpc) is 3.50. The Kier molecular flexibility index (Phi) is 6.39. The van der Waals surface area contributed by atoms with E-state index < -0.39 is 30.2 Å². The molecule has 9 heteroatoms. The molecule has 2 N–H and O–H groups in total. The van der Waals surface area contributed by atoms with E-state index in [0.717, 1.165) is 25.0 Å². The molecular weight excluding hydrogens is 401 g/mol. The van der Waals surface area contributed by atoms with Crippen LogP contribution in [0.5, 0.6) is 0 Å². The quantitative estimate of drug-likeness (QED) is 0.673. The highest BCUT2D eigenvalue weighted by atomic mass is 19.4. The molecule has 0 heterocycles. The van der Waals surface area contributed by atoms with Gasteiger partial charge in [-0.15, -0.1) is 0 Å². The van der Waals surface area contributed by atoms with E-state index in [-0.39, 0.29) is 18.4 Å². The van der Waals surface area contributed by atoms with Gasteiger partial charge < -0.3 is 15.4 Å². The molecule has 0 unspecified atom stereocenters. The number of nitrogens with one attached hydrogen (secondary N) is 2. The van der Waals surface area contributed by atoms with Crippen molar-refractivity contribution in [1.29, 1.82) is 0 Å².